The van der Waals surface area contributed by atoms with E-state index in [1.807, 2.05) is 24.3 Å². The molecule has 0 spiro atoms. The lowest BCUT2D eigenvalue weighted by Crippen LogP contribution is -2.46. The fraction of sp³-hybridized carbons (Fsp3) is 0.522. The van der Waals surface area contributed by atoms with E-state index in [4.69, 9.17) is 16.1 Å². The van der Waals surface area contributed by atoms with Crippen LogP contribution in [0.25, 0.3) is 10.6 Å². The van der Waals surface area contributed by atoms with E-state index in [1.165, 1.54) is 11.3 Å². The average Bonchev–Trinajstić information content (AvgIpc) is 3.49. The Bertz CT molecular complexity index is 1050. The third kappa shape index (κ3) is 5.42. The van der Waals surface area contributed by atoms with Crippen LogP contribution in [0.15, 0.2) is 28.8 Å². The van der Waals surface area contributed by atoms with Gasteiger partial charge in [0.05, 0.1) is 21.5 Å². The number of thiophene rings is 1. The van der Waals surface area contributed by atoms with E-state index < -0.39 is 0 Å². The van der Waals surface area contributed by atoms with Crippen molar-refractivity contribution in [3.8, 4) is 10.6 Å². The second-order valence-corrected chi connectivity index (χ2v) is 10.3. The Kier molecular flexibility index (Phi) is 7.33. The lowest BCUT2D eigenvalue weighted by Gasteiger charge is -2.34. The van der Waals surface area contributed by atoms with E-state index in [-0.39, 0.29) is 11.9 Å². The molecule has 9 heteroatoms. The normalized spacial score (nSPS) is 15.5. The van der Waals surface area contributed by atoms with Crippen molar-refractivity contribution in [3.05, 3.63) is 45.7 Å². The van der Waals surface area contributed by atoms with Gasteiger partial charge >= 0.3 is 0 Å². The van der Waals surface area contributed by atoms with Gasteiger partial charge in [-0.2, -0.15) is 5.10 Å². The van der Waals surface area contributed by atoms with Gasteiger partial charge in [-0.25, -0.2) is 0 Å². The summed E-state index contributed by atoms with van der Waals surface area (Å²) < 4.78 is 7.94. The van der Waals surface area contributed by atoms with Crippen molar-refractivity contribution < 1.29 is 9.32 Å². The van der Waals surface area contributed by atoms with E-state index in [1.54, 1.807) is 4.68 Å². The summed E-state index contributed by atoms with van der Waals surface area (Å²) in [6, 6.07) is 8.27. The summed E-state index contributed by atoms with van der Waals surface area (Å²) in [5, 5.41) is 12.1. The molecule has 0 saturated carbocycles. The molecule has 1 saturated heterocycles. The molecule has 1 fully saturated rings. The second-order valence-electron chi connectivity index (χ2n) is 8.59. The third-order valence-electron chi connectivity index (χ3n) is 5.85. The van der Waals surface area contributed by atoms with Crippen LogP contribution in [0, 0.1) is 0 Å². The summed E-state index contributed by atoms with van der Waals surface area (Å²) in [5.74, 6) is 0.595. The number of nitrogens with zero attached hydrogens (tertiary/aromatic N) is 4. The SMILES string of the molecule is CCCc1cc(C(=O)NC2CCN(C(C)C)CC2)n(Cc2cc(-c3ccc(Cl)s3)on2)n1. The van der Waals surface area contributed by atoms with Crippen molar-refractivity contribution in [2.24, 2.45) is 0 Å². The summed E-state index contributed by atoms with van der Waals surface area (Å²) in [4.78, 5) is 16.5. The molecule has 32 heavy (non-hydrogen) atoms. The first-order valence-electron chi connectivity index (χ1n) is 11.3. The molecule has 0 atom stereocenters. The van der Waals surface area contributed by atoms with Gasteiger partial charge in [0.15, 0.2) is 5.76 Å². The van der Waals surface area contributed by atoms with Crippen LogP contribution in [-0.4, -0.2) is 50.9 Å². The number of aryl methyl sites for hydroxylation is 1. The Hall–Kier alpha value is -2.16. The third-order valence-corrected chi connectivity index (χ3v) is 7.10. The molecule has 1 amide bonds. The molecular formula is C23H30ClN5O2S. The average molecular weight is 476 g/mol. The minimum Gasteiger partial charge on any atom is -0.355 e. The molecule has 1 aliphatic heterocycles. The summed E-state index contributed by atoms with van der Waals surface area (Å²) in [6.45, 7) is 8.94. The predicted octanol–water partition coefficient (Wildman–Crippen LogP) is 4.86. The number of amides is 1. The molecular weight excluding hydrogens is 446 g/mol. The lowest BCUT2D eigenvalue weighted by molar-refractivity contribution is 0.0890. The summed E-state index contributed by atoms with van der Waals surface area (Å²) in [6.07, 6.45) is 3.74. The molecule has 0 unspecified atom stereocenters. The van der Waals surface area contributed by atoms with Gasteiger partial charge in [0.1, 0.15) is 11.4 Å². The van der Waals surface area contributed by atoms with Gasteiger partial charge in [-0.05, 0) is 51.3 Å². The number of hydrogen-bond donors (Lipinski definition) is 1. The van der Waals surface area contributed by atoms with Gasteiger partial charge in [-0.15, -0.1) is 11.3 Å². The van der Waals surface area contributed by atoms with E-state index in [2.05, 4.69) is 41.2 Å². The van der Waals surface area contributed by atoms with Crippen LogP contribution in [0.2, 0.25) is 4.34 Å². The lowest BCUT2D eigenvalue weighted by atomic mass is 10.0. The zero-order valence-corrected chi connectivity index (χ0v) is 20.4. The minimum absolute atomic E-state index is 0.0726. The van der Waals surface area contributed by atoms with Gasteiger partial charge < -0.3 is 14.7 Å². The molecule has 1 aliphatic rings. The molecule has 3 aromatic heterocycles. The quantitative estimate of drug-likeness (QED) is 0.503. The van der Waals surface area contributed by atoms with Gasteiger partial charge in [0.2, 0.25) is 0 Å². The number of carbonyl (C=O) groups is 1. The van der Waals surface area contributed by atoms with Crippen molar-refractivity contribution in [1.29, 1.82) is 0 Å². The predicted molar refractivity (Wildman–Crippen MR) is 127 cm³/mol. The highest BCUT2D eigenvalue weighted by Crippen LogP contribution is 2.31. The fourth-order valence-corrected chi connectivity index (χ4v) is 5.07. The van der Waals surface area contributed by atoms with Crippen LogP contribution in [-0.2, 0) is 13.0 Å². The monoisotopic (exact) mass is 475 g/mol. The summed E-state index contributed by atoms with van der Waals surface area (Å²) in [5.41, 5.74) is 2.21. The molecule has 4 rings (SSSR count). The number of aromatic nitrogens is 3. The number of rotatable bonds is 8. The molecule has 0 radical (unpaired) electrons. The van der Waals surface area contributed by atoms with Gasteiger partial charge in [-0.1, -0.05) is 30.1 Å². The molecule has 0 bridgehead atoms. The van der Waals surface area contributed by atoms with Crippen molar-refractivity contribution in [3.63, 3.8) is 0 Å². The Balaban J connectivity index is 1.47. The van der Waals surface area contributed by atoms with Crippen LogP contribution in [0.3, 0.4) is 0 Å². The van der Waals surface area contributed by atoms with E-state index in [0.29, 0.717) is 28.4 Å². The highest BCUT2D eigenvalue weighted by Gasteiger charge is 2.24. The molecule has 0 aliphatic carbocycles. The van der Waals surface area contributed by atoms with Crippen LogP contribution >= 0.6 is 22.9 Å². The van der Waals surface area contributed by atoms with Crippen molar-refractivity contribution in [2.45, 2.75) is 65.1 Å². The zero-order chi connectivity index (χ0) is 22.7. The Morgan fingerprint density at radius 1 is 1.28 bits per heavy atom. The first-order valence-corrected chi connectivity index (χ1v) is 12.4. The first kappa shape index (κ1) is 23.0. The van der Waals surface area contributed by atoms with Crippen molar-refractivity contribution in [2.75, 3.05) is 13.1 Å². The molecule has 0 aromatic carbocycles. The number of halogens is 1. The molecule has 172 valence electrons. The zero-order valence-electron chi connectivity index (χ0n) is 18.8. The van der Waals surface area contributed by atoms with Crippen molar-refractivity contribution in [1.82, 2.24) is 25.2 Å². The second kappa shape index (κ2) is 10.2. The van der Waals surface area contributed by atoms with Crippen LogP contribution in [0.4, 0.5) is 0 Å². The standard InChI is InChI=1S/C23H30ClN5O2S/c1-4-5-17-12-19(23(30)25-16-8-10-28(11-9-16)15(2)3)29(26-17)14-18-13-20(31-27-18)21-6-7-22(24)32-21/h6-7,12-13,15-16H,4-5,8-11,14H2,1-3H3,(H,25,30). The van der Waals surface area contributed by atoms with E-state index in [9.17, 15) is 4.79 Å². The van der Waals surface area contributed by atoms with Gasteiger partial charge in [0.25, 0.3) is 5.91 Å². The summed E-state index contributed by atoms with van der Waals surface area (Å²) in [7, 11) is 0. The number of likely N-dealkylation sites (tertiary alicyclic amines) is 1. The number of hydrogen-bond acceptors (Lipinski definition) is 6. The number of nitrogens with one attached hydrogen (secondary N) is 1. The van der Waals surface area contributed by atoms with Gasteiger partial charge in [-0.3, -0.25) is 9.48 Å². The maximum Gasteiger partial charge on any atom is 0.269 e. The van der Waals surface area contributed by atoms with Crippen LogP contribution in [0.5, 0.6) is 0 Å². The maximum absolute atomic E-state index is 13.1. The Labute approximate surface area is 197 Å². The highest BCUT2D eigenvalue weighted by molar-refractivity contribution is 7.19. The maximum atomic E-state index is 13.1. The number of carbonyl (C=O) groups excluding carboxylic acids is 1. The largest absolute Gasteiger partial charge is 0.355 e. The molecule has 3 aromatic rings. The fourth-order valence-electron chi connectivity index (χ4n) is 4.07. The first-order chi connectivity index (χ1) is 15.4. The van der Waals surface area contributed by atoms with Crippen molar-refractivity contribution >= 4 is 28.8 Å². The topological polar surface area (TPSA) is 76.2 Å². The molecule has 1 N–H and O–H groups in total. The highest BCUT2D eigenvalue weighted by atomic mass is 35.5. The van der Waals surface area contributed by atoms with Crippen LogP contribution in [0.1, 0.15) is 61.9 Å². The summed E-state index contributed by atoms with van der Waals surface area (Å²) >= 11 is 7.48. The number of piperidine rings is 1. The Morgan fingerprint density at radius 3 is 2.72 bits per heavy atom. The van der Waals surface area contributed by atoms with Gasteiger partial charge in [0, 0.05) is 31.2 Å². The van der Waals surface area contributed by atoms with E-state index in [0.717, 1.165) is 55.0 Å². The smallest absolute Gasteiger partial charge is 0.269 e. The minimum atomic E-state index is -0.0726. The van der Waals surface area contributed by atoms with Crippen LogP contribution < -0.4 is 5.32 Å². The Morgan fingerprint density at radius 2 is 2.06 bits per heavy atom. The molecule has 4 heterocycles. The van der Waals surface area contributed by atoms with E-state index >= 15 is 0 Å². The molecule has 7 nitrogen and oxygen atoms in total.